The van der Waals surface area contributed by atoms with Crippen molar-refractivity contribution in [3.63, 3.8) is 0 Å². The molecule has 15 heavy (non-hydrogen) atoms. The fourth-order valence-corrected chi connectivity index (χ4v) is 3.13. The first-order valence-electron chi connectivity index (χ1n) is 6.42. The van der Waals surface area contributed by atoms with E-state index in [-0.39, 0.29) is 0 Å². The zero-order chi connectivity index (χ0) is 10.3. The molecule has 1 aliphatic heterocycles. The van der Waals surface area contributed by atoms with Gasteiger partial charge in [-0.1, -0.05) is 12.8 Å². The molecule has 0 amide bonds. The van der Waals surface area contributed by atoms with E-state index in [1.165, 1.54) is 56.5 Å². The van der Waals surface area contributed by atoms with Crippen LogP contribution in [-0.4, -0.2) is 9.55 Å². The number of aryl methyl sites for hydroxylation is 1. The molecule has 1 fully saturated rings. The molecule has 82 valence electrons. The highest BCUT2D eigenvalue weighted by atomic mass is 15.1. The monoisotopic (exact) mass is 204 g/mol. The summed E-state index contributed by atoms with van der Waals surface area (Å²) in [5.74, 6) is 2.12. The van der Waals surface area contributed by atoms with Crippen LogP contribution in [0.3, 0.4) is 0 Å². The molecular weight excluding hydrogens is 184 g/mol. The van der Waals surface area contributed by atoms with Gasteiger partial charge in [0, 0.05) is 24.6 Å². The molecule has 1 atom stereocenters. The number of aromatic nitrogens is 2. The summed E-state index contributed by atoms with van der Waals surface area (Å²) in [5, 5.41) is 0. The van der Waals surface area contributed by atoms with Crippen molar-refractivity contribution in [1.82, 2.24) is 9.55 Å². The topological polar surface area (TPSA) is 17.8 Å². The third kappa shape index (κ3) is 1.60. The van der Waals surface area contributed by atoms with E-state index in [1.807, 2.05) is 0 Å². The van der Waals surface area contributed by atoms with Crippen LogP contribution in [0.15, 0.2) is 6.20 Å². The molecule has 1 unspecified atom stereocenters. The predicted octanol–water partition coefficient (Wildman–Crippen LogP) is 3.44. The molecule has 0 saturated heterocycles. The number of nitrogens with zero attached hydrogens (tertiary/aromatic N) is 2. The lowest BCUT2D eigenvalue weighted by molar-refractivity contribution is 0.425. The van der Waals surface area contributed by atoms with Crippen LogP contribution in [0.25, 0.3) is 0 Å². The normalized spacial score (nSPS) is 26.9. The van der Waals surface area contributed by atoms with Crippen LogP contribution >= 0.6 is 0 Å². The van der Waals surface area contributed by atoms with Gasteiger partial charge in [-0.15, -0.1) is 0 Å². The number of rotatable bonds is 1. The van der Waals surface area contributed by atoms with Gasteiger partial charge in [0.15, 0.2) is 0 Å². The summed E-state index contributed by atoms with van der Waals surface area (Å²) in [7, 11) is 0. The zero-order valence-electron chi connectivity index (χ0n) is 9.58. The van der Waals surface area contributed by atoms with E-state index in [0.29, 0.717) is 6.04 Å². The maximum atomic E-state index is 4.85. The van der Waals surface area contributed by atoms with Crippen molar-refractivity contribution < 1.29 is 0 Å². The van der Waals surface area contributed by atoms with Crippen molar-refractivity contribution in [2.45, 2.75) is 63.8 Å². The van der Waals surface area contributed by atoms with Crippen LogP contribution < -0.4 is 0 Å². The van der Waals surface area contributed by atoms with Gasteiger partial charge in [-0.2, -0.15) is 0 Å². The van der Waals surface area contributed by atoms with Gasteiger partial charge in [0.2, 0.25) is 0 Å². The predicted molar refractivity (Wildman–Crippen MR) is 61.1 cm³/mol. The highest BCUT2D eigenvalue weighted by Gasteiger charge is 2.24. The van der Waals surface area contributed by atoms with Gasteiger partial charge in [0.05, 0.1) is 5.69 Å². The summed E-state index contributed by atoms with van der Waals surface area (Å²) in [6.07, 6.45) is 11.7. The van der Waals surface area contributed by atoms with Crippen LogP contribution in [0.1, 0.15) is 68.9 Å². The molecule has 0 spiro atoms. The van der Waals surface area contributed by atoms with Crippen molar-refractivity contribution in [2.75, 3.05) is 0 Å². The van der Waals surface area contributed by atoms with Crippen LogP contribution in [-0.2, 0) is 6.42 Å². The summed E-state index contributed by atoms with van der Waals surface area (Å²) >= 11 is 0. The molecule has 1 aromatic heterocycles. The summed E-state index contributed by atoms with van der Waals surface area (Å²) in [6.45, 7) is 2.32. The molecule has 3 rings (SSSR count). The maximum Gasteiger partial charge on any atom is 0.109 e. The minimum atomic E-state index is 0.677. The van der Waals surface area contributed by atoms with Crippen LogP contribution in [0.5, 0.6) is 0 Å². The van der Waals surface area contributed by atoms with E-state index < -0.39 is 0 Å². The minimum absolute atomic E-state index is 0.677. The summed E-state index contributed by atoms with van der Waals surface area (Å²) in [4.78, 5) is 4.85. The minimum Gasteiger partial charge on any atom is -0.332 e. The average Bonchev–Trinajstić information content (AvgIpc) is 2.86. The molecule has 1 aliphatic carbocycles. The van der Waals surface area contributed by atoms with Gasteiger partial charge in [-0.05, 0) is 32.6 Å². The van der Waals surface area contributed by atoms with E-state index in [1.54, 1.807) is 0 Å². The Morgan fingerprint density at radius 2 is 2.00 bits per heavy atom. The third-order valence-electron chi connectivity index (χ3n) is 4.10. The fourth-order valence-electron chi connectivity index (χ4n) is 3.13. The lowest BCUT2D eigenvalue weighted by Gasteiger charge is -2.20. The van der Waals surface area contributed by atoms with E-state index in [4.69, 9.17) is 4.98 Å². The molecule has 1 aromatic rings. The zero-order valence-corrected chi connectivity index (χ0v) is 9.58. The molecule has 2 aliphatic rings. The van der Waals surface area contributed by atoms with Crippen molar-refractivity contribution in [1.29, 1.82) is 0 Å². The van der Waals surface area contributed by atoms with Gasteiger partial charge in [0.25, 0.3) is 0 Å². The summed E-state index contributed by atoms with van der Waals surface area (Å²) in [5.41, 5.74) is 1.39. The van der Waals surface area contributed by atoms with E-state index in [0.717, 1.165) is 5.92 Å². The second kappa shape index (κ2) is 3.66. The van der Waals surface area contributed by atoms with Gasteiger partial charge in [0.1, 0.15) is 5.82 Å². The molecule has 1 saturated carbocycles. The van der Waals surface area contributed by atoms with E-state index >= 15 is 0 Å². The largest absolute Gasteiger partial charge is 0.332 e. The number of fused-ring (bicyclic) bond motifs is 1. The highest BCUT2D eigenvalue weighted by Crippen LogP contribution is 2.35. The van der Waals surface area contributed by atoms with Crippen molar-refractivity contribution in [3.8, 4) is 0 Å². The molecule has 0 N–H and O–H groups in total. The average molecular weight is 204 g/mol. The van der Waals surface area contributed by atoms with E-state index in [9.17, 15) is 0 Å². The lowest BCUT2D eigenvalue weighted by Crippen LogP contribution is -2.14. The molecule has 0 radical (unpaired) electrons. The van der Waals surface area contributed by atoms with Crippen molar-refractivity contribution in [2.24, 2.45) is 0 Å². The first kappa shape index (κ1) is 9.44. The van der Waals surface area contributed by atoms with Gasteiger partial charge in [-0.25, -0.2) is 4.98 Å². The Hall–Kier alpha value is -0.790. The van der Waals surface area contributed by atoms with Crippen molar-refractivity contribution in [3.05, 3.63) is 17.7 Å². The molecule has 0 aromatic carbocycles. The van der Waals surface area contributed by atoms with Crippen LogP contribution in [0.4, 0.5) is 0 Å². The Morgan fingerprint density at radius 1 is 1.20 bits per heavy atom. The second-order valence-electron chi connectivity index (χ2n) is 5.21. The highest BCUT2D eigenvalue weighted by molar-refractivity contribution is 5.13. The van der Waals surface area contributed by atoms with Gasteiger partial charge in [-0.3, -0.25) is 0 Å². The molecule has 2 heterocycles. The maximum absolute atomic E-state index is 4.85. The second-order valence-corrected chi connectivity index (χ2v) is 5.21. The SMILES string of the molecule is CC1CCCc2nc(C3CCCC3)cn21. The third-order valence-corrected chi connectivity index (χ3v) is 4.10. The molecule has 0 bridgehead atoms. The van der Waals surface area contributed by atoms with Gasteiger partial charge < -0.3 is 4.57 Å². The molecule has 2 nitrogen and oxygen atoms in total. The Balaban J connectivity index is 1.90. The Bertz CT molecular complexity index is 347. The molecular formula is C13H20N2. The smallest absolute Gasteiger partial charge is 0.109 e. The number of hydrogen-bond acceptors (Lipinski definition) is 1. The summed E-state index contributed by atoms with van der Waals surface area (Å²) in [6, 6.07) is 0.677. The van der Waals surface area contributed by atoms with Crippen LogP contribution in [0, 0.1) is 0 Å². The van der Waals surface area contributed by atoms with Crippen LogP contribution in [0.2, 0.25) is 0 Å². The fraction of sp³-hybridized carbons (Fsp3) is 0.769. The Kier molecular flexibility index (Phi) is 2.30. The number of hydrogen-bond donors (Lipinski definition) is 0. The van der Waals surface area contributed by atoms with E-state index in [2.05, 4.69) is 17.7 Å². The van der Waals surface area contributed by atoms with Crippen molar-refractivity contribution >= 4 is 0 Å². The summed E-state index contributed by atoms with van der Waals surface area (Å²) < 4.78 is 2.43. The first-order valence-corrected chi connectivity index (χ1v) is 6.42. The molecule has 2 heteroatoms. The standard InChI is InChI=1S/C13H20N2/c1-10-5-4-8-13-14-12(9-15(10)13)11-6-2-3-7-11/h9-11H,2-8H2,1H3. The van der Waals surface area contributed by atoms with Gasteiger partial charge >= 0.3 is 0 Å². The Morgan fingerprint density at radius 3 is 2.73 bits per heavy atom. The Labute approximate surface area is 91.7 Å². The lowest BCUT2D eigenvalue weighted by atomic mass is 10.1. The number of imidazole rings is 1. The first-order chi connectivity index (χ1) is 7.34. The quantitative estimate of drug-likeness (QED) is 0.685.